The Balaban J connectivity index is 1.45. The Morgan fingerprint density at radius 1 is 0.531 bits per heavy atom. The average molecular weight is 883 g/mol. The van der Waals surface area contributed by atoms with Gasteiger partial charge in [0, 0.05) is 18.4 Å². The first-order valence-corrected chi connectivity index (χ1v) is 27.2. The highest BCUT2D eigenvalue weighted by Gasteiger charge is 2.76. The van der Waals surface area contributed by atoms with Crippen LogP contribution in [0.2, 0.25) is 0 Å². The van der Waals surface area contributed by atoms with E-state index in [0.29, 0.717) is 12.1 Å². The van der Waals surface area contributed by atoms with Crippen molar-refractivity contribution in [2.75, 3.05) is 52.4 Å². The highest BCUT2D eigenvalue weighted by molar-refractivity contribution is 5.84. The summed E-state index contributed by atoms with van der Waals surface area (Å²) in [5.41, 5.74) is 6.69. The molecule has 358 valence electrons. The molecule has 6 heteroatoms. The smallest absolute Gasteiger partial charge is 0.341 e. The number of nitrogens with zero attached hydrogens (tertiary/aromatic N) is 4. The maximum absolute atomic E-state index is 7.52. The molecule has 6 rings (SSSR count). The molecule has 3 aliphatic heterocycles. The highest BCUT2D eigenvalue weighted by Crippen LogP contribution is 2.49. The van der Waals surface area contributed by atoms with E-state index < -0.39 is 6.03 Å². The second-order valence-electron chi connectivity index (χ2n) is 23.5. The van der Waals surface area contributed by atoms with Crippen molar-refractivity contribution in [2.24, 2.45) is 0 Å². The monoisotopic (exact) mass is 883 g/mol. The lowest BCUT2D eigenvalue weighted by Gasteiger charge is -2.42. The molecule has 0 amide bonds. The van der Waals surface area contributed by atoms with Gasteiger partial charge in [0.25, 0.3) is 0 Å². The number of benzene rings is 2. The van der Waals surface area contributed by atoms with Gasteiger partial charge in [-0.1, -0.05) is 124 Å². The molecule has 3 atom stereocenters. The van der Waals surface area contributed by atoms with E-state index in [1.807, 2.05) is 0 Å². The minimum Gasteiger partial charge on any atom is -0.341 e. The van der Waals surface area contributed by atoms with Crippen molar-refractivity contribution in [2.45, 2.75) is 234 Å². The van der Waals surface area contributed by atoms with E-state index in [2.05, 4.69) is 142 Å². The molecule has 0 N–H and O–H groups in total. The van der Waals surface area contributed by atoms with E-state index in [-0.39, 0.29) is 16.2 Å². The third-order valence-corrected chi connectivity index (χ3v) is 16.3. The normalized spacial score (nSPS) is 20.9. The van der Waals surface area contributed by atoms with E-state index >= 15 is 0 Å². The van der Waals surface area contributed by atoms with Gasteiger partial charge in [0.1, 0.15) is 0 Å². The number of hydrogen-bond acceptors (Lipinski definition) is 2. The van der Waals surface area contributed by atoms with Gasteiger partial charge in [-0.3, -0.25) is 0 Å². The van der Waals surface area contributed by atoms with Crippen LogP contribution in [0.5, 0.6) is 11.5 Å². The van der Waals surface area contributed by atoms with Crippen LogP contribution in [-0.2, 0) is 16.2 Å². The number of quaternary nitrogens is 2. The van der Waals surface area contributed by atoms with Gasteiger partial charge in [-0.25, -0.2) is 0 Å². The molecule has 2 fully saturated rings. The molecular formula is C58H98N4O2+4. The van der Waals surface area contributed by atoms with Gasteiger partial charge in [-0.2, -0.15) is 0 Å². The third kappa shape index (κ3) is 10.5. The molecule has 4 aliphatic rings. The quantitative estimate of drug-likeness (QED) is 0.0775. The van der Waals surface area contributed by atoms with Crippen LogP contribution in [0, 0.1) is 0 Å². The Morgan fingerprint density at radius 2 is 1.00 bits per heavy atom. The van der Waals surface area contributed by atoms with E-state index in [1.54, 1.807) is 5.56 Å². The Morgan fingerprint density at radius 3 is 1.45 bits per heavy atom. The van der Waals surface area contributed by atoms with Crippen molar-refractivity contribution in [3.8, 4) is 11.5 Å². The van der Waals surface area contributed by atoms with Crippen molar-refractivity contribution >= 4 is 12.4 Å². The number of rotatable bonds is 24. The molecule has 0 bridgehead atoms. The zero-order chi connectivity index (χ0) is 46.4. The van der Waals surface area contributed by atoms with E-state index in [1.165, 1.54) is 180 Å². The third-order valence-electron chi connectivity index (χ3n) is 16.3. The number of hydrogen-bond donors (Lipinski definition) is 0. The summed E-state index contributed by atoms with van der Waals surface area (Å²) < 4.78 is 22.6. The fourth-order valence-electron chi connectivity index (χ4n) is 13.4. The van der Waals surface area contributed by atoms with Crippen LogP contribution in [0.1, 0.15) is 227 Å². The van der Waals surface area contributed by atoms with Crippen LogP contribution >= 0.6 is 0 Å². The van der Waals surface area contributed by atoms with Gasteiger partial charge in [0.15, 0.2) is 23.9 Å². The summed E-state index contributed by atoms with van der Waals surface area (Å²) >= 11 is 0. The summed E-state index contributed by atoms with van der Waals surface area (Å²) in [6.45, 7) is 41.3. The van der Waals surface area contributed by atoms with Crippen molar-refractivity contribution in [3.05, 3.63) is 58.1 Å². The summed E-state index contributed by atoms with van der Waals surface area (Å²) in [7, 11) is 0. The summed E-state index contributed by atoms with van der Waals surface area (Å²) in [6.07, 6.45) is 26.3. The van der Waals surface area contributed by atoms with Gasteiger partial charge in [0.05, 0.1) is 63.5 Å². The van der Waals surface area contributed by atoms with Crippen LogP contribution in [0.3, 0.4) is 0 Å². The summed E-state index contributed by atoms with van der Waals surface area (Å²) in [4.78, 5) is 0. The predicted octanol–water partition coefficient (Wildman–Crippen LogP) is 13.6. The molecule has 1 saturated carbocycles. The van der Waals surface area contributed by atoms with Gasteiger partial charge in [-0.05, 0) is 129 Å². The minimum atomic E-state index is -1.03. The zero-order valence-corrected chi connectivity index (χ0v) is 44.0. The Bertz CT molecular complexity index is 1850. The van der Waals surface area contributed by atoms with Crippen LogP contribution < -0.4 is 9.47 Å². The first-order chi connectivity index (χ1) is 30.5. The van der Waals surface area contributed by atoms with Gasteiger partial charge < -0.3 is 18.4 Å². The molecule has 0 radical (unpaired) electrons. The van der Waals surface area contributed by atoms with E-state index in [4.69, 9.17) is 9.47 Å². The topological polar surface area (TPSA) is 24.5 Å². The SMILES string of the molecule is CCCCC(CCC[N+](CCC)(CCC)CCC)(CCC[N+](CCC)(CCC)CCC)c1ccc2c(c1)C=[N+]1C3CCCCC3[N+]3=Cc4cc(C(C)(C)C)cc(C(C)(C)C)c4OC13O2. The predicted molar refractivity (Wildman–Crippen MR) is 272 cm³/mol. The van der Waals surface area contributed by atoms with Crippen molar-refractivity contribution < 1.29 is 27.6 Å². The van der Waals surface area contributed by atoms with Crippen LogP contribution in [-0.4, -0.2) is 101 Å². The van der Waals surface area contributed by atoms with Gasteiger partial charge in [-0.15, -0.1) is 0 Å². The summed E-state index contributed by atoms with van der Waals surface area (Å²) in [5.74, 6) is 1.95. The summed E-state index contributed by atoms with van der Waals surface area (Å²) in [5, 5.41) is 0. The average Bonchev–Trinajstić information content (AvgIpc) is 3.51. The molecule has 2 aromatic carbocycles. The molecule has 64 heavy (non-hydrogen) atoms. The standard InChI is InChI=1S/C58H98N4O2/c1-14-21-30-57(31-24-39-61(33-15-2,34-16-3)35-17-4,32-25-40-62(36-18-5,37-19-6)38-20-7)48-28-29-53-46(41-48)44-59-51-26-22-23-27-52(51)60-45-47-42-49(55(8,9)10)43-50(56(11,12)13)54(47)64-58(59,60)63-53/h28-29,41-45,51-52H,14-27,30-40H2,1-13H3/q+4. The Labute approximate surface area is 394 Å². The Hall–Kier alpha value is -2.70. The van der Waals surface area contributed by atoms with Crippen molar-refractivity contribution in [3.63, 3.8) is 0 Å². The molecule has 2 aromatic rings. The first-order valence-electron chi connectivity index (χ1n) is 27.2. The maximum Gasteiger partial charge on any atom is 0.704 e. The number of ether oxygens (including phenoxy) is 2. The molecule has 1 spiro atoms. The number of unbranched alkanes of at least 4 members (excludes halogenated alkanes) is 1. The van der Waals surface area contributed by atoms with E-state index in [9.17, 15) is 0 Å². The molecule has 3 heterocycles. The lowest BCUT2D eigenvalue weighted by Crippen LogP contribution is -2.60. The van der Waals surface area contributed by atoms with Crippen LogP contribution in [0.15, 0.2) is 30.3 Å². The number of fused-ring (bicyclic) bond motifs is 5. The lowest BCUT2D eigenvalue weighted by atomic mass is 9.69. The fraction of sp³-hybridized carbons (Fsp3) is 0.759. The molecule has 0 aromatic heterocycles. The van der Waals surface area contributed by atoms with Gasteiger partial charge in [0.2, 0.25) is 12.1 Å². The van der Waals surface area contributed by atoms with Crippen molar-refractivity contribution in [1.29, 1.82) is 0 Å². The van der Waals surface area contributed by atoms with Gasteiger partial charge >= 0.3 is 6.03 Å². The maximum atomic E-state index is 7.52. The van der Waals surface area contributed by atoms with Crippen LogP contribution in [0.4, 0.5) is 0 Å². The largest absolute Gasteiger partial charge is 0.704 e. The molecule has 6 nitrogen and oxygen atoms in total. The van der Waals surface area contributed by atoms with Crippen LogP contribution in [0.25, 0.3) is 0 Å². The fourth-order valence-corrected chi connectivity index (χ4v) is 13.4. The summed E-state index contributed by atoms with van der Waals surface area (Å²) in [6, 6.07) is 11.9. The molecular weight excluding hydrogens is 785 g/mol. The minimum absolute atomic E-state index is 0.0338. The molecule has 3 unspecified atom stereocenters. The second-order valence-corrected chi connectivity index (χ2v) is 23.5. The second kappa shape index (κ2) is 21.1. The molecule has 1 aliphatic carbocycles. The molecule has 1 saturated heterocycles. The van der Waals surface area contributed by atoms with Crippen molar-refractivity contribution in [1.82, 2.24) is 0 Å². The highest BCUT2D eigenvalue weighted by atomic mass is 16.7. The first kappa shape index (κ1) is 50.7. The zero-order valence-electron chi connectivity index (χ0n) is 44.0. The van der Waals surface area contributed by atoms with E-state index in [0.717, 1.165) is 24.3 Å². The lowest BCUT2D eigenvalue weighted by molar-refractivity contribution is -0.928. The Kier molecular flexibility index (Phi) is 16.7.